The molecule has 0 aromatic carbocycles. The largest absolute Gasteiger partial charge is 0.500 e. The van der Waals surface area contributed by atoms with Crippen LogP contribution in [-0.4, -0.2) is 61.7 Å². The van der Waals surface area contributed by atoms with Gasteiger partial charge in [-0.3, -0.25) is 4.79 Å². The normalized spacial score (nSPS) is 20.2. The highest BCUT2D eigenvalue weighted by Gasteiger charge is 2.36. The summed E-state index contributed by atoms with van der Waals surface area (Å²) in [6, 6.07) is 0.508. The lowest BCUT2D eigenvalue weighted by Crippen LogP contribution is -2.44. The Hall–Kier alpha value is -1.16. The molecule has 0 heterocycles. The SMILES string of the molecule is CO[Si](CCCNC(=O)NCC1CCCC(CNC(=O)C(C)(C)C)C1)(OC)OC. The van der Waals surface area contributed by atoms with Crippen LogP contribution in [0, 0.1) is 17.3 Å². The van der Waals surface area contributed by atoms with Crippen molar-refractivity contribution in [1.82, 2.24) is 16.0 Å². The van der Waals surface area contributed by atoms with Crippen molar-refractivity contribution in [2.75, 3.05) is 41.0 Å². The molecule has 9 heteroatoms. The molecule has 29 heavy (non-hydrogen) atoms. The summed E-state index contributed by atoms with van der Waals surface area (Å²) >= 11 is 0. The van der Waals surface area contributed by atoms with E-state index in [0.29, 0.717) is 31.0 Å². The highest BCUT2D eigenvalue weighted by atomic mass is 28.4. The van der Waals surface area contributed by atoms with E-state index in [2.05, 4.69) is 16.0 Å². The third kappa shape index (κ3) is 9.46. The van der Waals surface area contributed by atoms with E-state index in [4.69, 9.17) is 13.3 Å². The monoisotopic (exact) mass is 431 g/mol. The van der Waals surface area contributed by atoms with Gasteiger partial charge < -0.3 is 29.2 Å². The lowest BCUT2D eigenvalue weighted by Gasteiger charge is -2.30. The van der Waals surface area contributed by atoms with Crippen LogP contribution in [0.5, 0.6) is 0 Å². The first-order valence-electron chi connectivity index (χ1n) is 10.6. The van der Waals surface area contributed by atoms with E-state index >= 15 is 0 Å². The van der Waals surface area contributed by atoms with Gasteiger partial charge in [0.25, 0.3) is 0 Å². The Morgan fingerprint density at radius 1 is 0.931 bits per heavy atom. The second-order valence-corrected chi connectivity index (χ2v) is 12.0. The minimum Gasteiger partial charge on any atom is -0.377 e. The molecule has 1 aliphatic carbocycles. The number of hydrogen-bond acceptors (Lipinski definition) is 5. The van der Waals surface area contributed by atoms with E-state index in [-0.39, 0.29) is 17.4 Å². The number of nitrogens with one attached hydrogen (secondary N) is 3. The fourth-order valence-corrected chi connectivity index (χ4v) is 5.36. The van der Waals surface area contributed by atoms with Gasteiger partial charge in [-0.15, -0.1) is 0 Å². The van der Waals surface area contributed by atoms with Crippen LogP contribution in [0.4, 0.5) is 4.79 Å². The Bertz CT molecular complexity index is 501. The molecule has 0 radical (unpaired) electrons. The fraction of sp³-hybridized carbons (Fsp3) is 0.900. The quantitative estimate of drug-likeness (QED) is 0.345. The number of amides is 3. The Morgan fingerprint density at radius 2 is 1.48 bits per heavy atom. The Labute approximate surface area is 177 Å². The highest BCUT2D eigenvalue weighted by molar-refractivity contribution is 6.60. The van der Waals surface area contributed by atoms with Crippen molar-refractivity contribution in [3.05, 3.63) is 0 Å². The molecule has 0 aliphatic heterocycles. The standard InChI is InChI=1S/C20H41N3O5Si/c1-20(2,3)18(24)22-14-16-9-7-10-17(13-16)15-23-19(25)21-11-8-12-29(26-4,27-5)28-6/h16-17H,7-15H2,1-6H3,(H,22,24)(H2,21,23,25). The summed E-state index contributed by atoms with van der Waals surface area (Å²) in [7, 11) is 2.19. The number of carbonyl (C=O) groups excluding carboxylic acids is 2. The average molecular weight is 432 g/mol. The zero-order valence-corrected chi connectivity index (χ0v) is 20.1. The van der Waals surface area contributed by atoms with Crippen LogP contribution >= 0.6 is 0 Å². The zero-order valence-electron chi connectivity index (χ0n) is 19.1. The summed E-state index contributed by atoms with van der Waals surface area (Å²) in [6.45, 7) is 7.72. The molecule has 2 atom stereocenters. The van der Waals surface area contributed by atoms with Gasteiger partial charge in [0.2, 0.25) is 5.91 Å². The topological polar surface area (TPSA) is 97.9 Å². The molecule has 2 unspecified atom stereocenters. The molecule has 1 rings (SSSR count). The third-order valence-electron chi connectivity index (χ3n) is 5.55. The Balaban J connectivity index is 2.24. The number of carbonyl (C=O) groups is 2. The fourth-order valence-electron chi connectivity index (χ4n) is 3.64. The summed E-state index contributed by atoms with van der Waals surface area (Å²) < 4.78 is 16.1. The number of rotatable bonds is 11. The maximum absolute atomic E-state index is 12.1. The molecule has 1 aliphatic rings. The van der Waals surface area contributed by atoms with Crippen molar-refractivity contribution in [2.24, 2.45) is 17.3 Å². The minimum atomic E-state index is -2.57. The molecule has 8 nitrogen and oxygen atoms in total. The van der Waals surface area contributed by atoms with Crippen LogP contribution in [0.2, 0.25) is 6.04 Å². The van der Waals surface area contributed by atoms with Crippen molar-refractivity contribution in [1.29, 1.82) is 0 Å². The third-order valence-corrected chi connectivity index (χ3v) is 8.39. The molecular weight excluding hydrogens is 390 g/mol. The second-order valence-electron chi connectivity index (χ2n) is 8.89. The number of urea groups is 1. The zero-order chi connectivity index (χ0) is 21.9. The van der Waals surface area contributed by atoms with Gasteiger partial charge in [0, 0.05) is 52.4 Å². The molecule has 0 aromatic heterocycles. The van der Waals surface area contributed by atoms with Crippen molar-refractivity contribution < 1.29 is 22.9 Å². The maximum atomic E-state index is 12.1. The van der Waals surface area contributed by atoms with Gasteiger partial charge >= 0.3 is 14.8 Å². The Kier molecular flexibility index (Phi) is 11.2. The van der Waals surface area contributed by atoms with Gasteiger partial charge in [0.05, 0.1) is 0 Å². The van der Waals surface area contributed by atoms with Gasteiger partial charge in [-0.1, -0.05) is 27.2 Å². The van der Waals surface area contributed by atoms with E-state index in [9.17, 15) is 9.59 Å². The van der Waals surface area contributed by atoms with Crippen molar-refractivity contribution in [2.45, 2.75) is 58.9 Å². The molecule has 3 amide bonds. The molecule has 0 saturated heterocycles. The van der Waals surface area contributed by atoms with Crippen LogP contribution in [0.15, 0.2) is 0 Å². The summed E-state index contributed by atoms with van der Waals surface area (Å²) in [4.78, 5) is 24.1. The van der Waals surface area contributed by atoms with Gasteiger partial charge in [0.15, 0.2) is 0 Å². The van der Waals surface area contributed by atoms with E-state index in [1.807, 2.05) is 20.8 Å². The average Bonchev–Trinajstić information content (AvgIpc) is 2.70. The van der Waals surface area contributed by atoms with Gasteiger partial charge in [-0.05, 0) is 37.5 Å². The first-order valence-corrected chi connectivity index (χ1v) is 12.5. The lowest BCUT2D eigenvalue weighted by atomic mass is 9.81. The molecule has 3 N–H and O–H groups in total. The van der Waals surface area contributed by atoms with E-state index < -0.39 is 8.80 Å². The molecule has 1 saturated carbocycles. The van der Waals surface area contributed by atoms with Crippen LogP contribution in [0.1, 0.15) is 52.9 Å². The minimum absolute atomic E-state index is 0.0969. The van der Waals surface area contributed by atoms with Crippen molar-refractivity contribution in [3.8, 4) is 0 Å². The number of hydrogen-bond donors (Lipinski definition) is 3. The van der Waals surface area contributed by atoms with E-state index in [0.717, 1.165) is 38.6 Å². The van der Waals surface area contributed by atoms with Crippen LogP contribution in [-0.2, 0) is 18.1 Å². The molecule has 0 spiro atoms. The molecule has 1 fully saturated rings. The smallest absolute Gasteiger partial charge is 0.377 e. The molecular formula is C20H41N3O5Si. The summed E-state index contributed by atoms with van der Waals surface area (Å²) in [5.41, 5.74) is -0.356. The first kappa shape index (κ1) is 25.9. The van der Waals surface area contributed by atoms with Gasteiger partial charge in [-0.2, -0.15) is 0 Å². The van der Waals surface area contributed by atoms with Crippen molar-refractivity contribution in [3.63, 3.8) is 0 Å². The molecule has 0 bridgehead atoms. The van der Waals surface area contributed by atoms with Gasteiger partial charge in [0.1, 0.15) is 0 Å². The predicted molar refractivity (Wildman–Crippen MR) is 116 cm³/mol. The second kappa shape index (κ2) is 12.5. The highest BCUT2D eigenvalue weighted by Crippen LogP contribution is 2.28. The maximum Gasteiger partial charge on any atom is 0.500 e. The van der Waals surface area contributed by atoms with Crippen LogP contribution < -0.4 is 16.0 Å². The summed E-state index contributed by atoms with van der Waals surface area (Å²) in [6.07, 6.45) is 5.16. The van der Waals surface area contributed by atoms with E-state index in [1.165, 1.54) is 0 Å². The van der Waals surface area contributed by atoms with Crippen molar-refractivity contribution >= 4 is 20.7 Å². The molecule has 0 aromatic rings. The van der Waals surface area contributed by atoms with Gasteiger partial charge in [-0.25, -0.2) is 4.79 Å². The van der Waals surface area contributed by atoms with Crippen LogP contribution in [0.3, 0.4) is 0 Å². The predicted octanol–water partition coefficient (Wildman–Crippen LogP) is 2.52. The Morgan fingerprint density at radius 3 is 2.00 bits per heavy atom. The lowest BCUT2D eigenvalue weighted by molar-refractivity contribution is -0.128. The summed E-state index contributed by atoms with van der Waals surface area (Å²) in [5.74, 6) is 1.04. The van der Waals surface area contributed by atoms with E-state index in [1.54, 1.807) is 21.3 Å². The first-order chi connectivity index (χ1) is 13.7. The summed E-state index contributed by atoms with van der Waals surface area (Å²) in [5, 5.41) is 8.94. The molecule has 170 valence electrons. The van der Waals surface area contributed by atoms with Crippen LogP contribution in [0.25, 0.3) is 0 Å².